The van der Waals surface area contributed by atoms with Crippen molar-refractivity contribution < 1.29 is 38.9 Å². The van der Waals surface area contributed by atoms with E-state index >= 15 is 0 Å². The Bertz CT molecular complexity index is 675. The topological polar surface area (TPSA) is 140 Å². The average Bonchev–Trinajstić information content (AvgIpc) is 2.92. The molecule has 2 aliphatic heterocycles. The van der Waals surface area contributed by atoms with E-state index in [9.17, 15) is 16.8 Å². The molecule has 0 amide bonds. The largest absolute Gasteiger partial charge is 0.400 e. The first-order chi connectivity index (χ1) is 10.1. The molecule has 2 saturated heterocycles. The van der Waals surface area contributed by atoms with Crippen LogP contribution in [-0.2, 0) is 42.7 Å². The summed E-state index contributed by atoms with van der Waals surface area (Å²) in [7, 11) is -8.30. The van der Waals surface area contributed by atoms with E-state index in [1.54, 1.807) is 0 Å². The first kappa shape index (κ1) is 16.3. The summed E-state index contributed by atoms with van der Waals surface area (Å²) in [6.45, 7) is 3.11. The molecule has 126 valence electrons. The summed E-state index contributed by atoms with van der Waals surface area (Å²) in [5.41, 5.74) is -1.21. The number of hydrogen-bond acceptors (Lipinski definition) is 9. The number of hydrogen-bond donors (Lipinski definition) is 1. The molecule has 0 aromatic carbocycles. The number of rotatable bonds is 4. The maximum Gasteiger partial charge on any atom is 0.400 e. The fourth-order valence-corrected chi connectivity index (χ4v) is 4.33. The van der Waals surface area contributed by atoms with Crippen LogP contribution in [0.25, 0.3) is 0 Å². The van der Waals surface area contributed by atoms with Gasteiger partial charge in [-0.15, -0.1) is 0 Å². The molecular weight excluding hydrogens is 342 g/mol. The van der Waals surface area contributed by atoms with E-state index in [4.69, 9.17) is 23.0 Å². The van der Waals surface area contributed by atoms with Crippen LogP contribution < -0.4 is 5.14 Å². The Morgan fingerprint density at radius 2 is 2.14 bits per heavy atom. The normalized spacial score (nSPS) is 43.5. The lowest BCUT2D eigenvalue weighted by Crippen LogP contribution is -2.57. The predicted molar refractivity (Wildman–Crippen MR) is 69.6 cm³/mol. The molecule has 10 nitrogen and oxygen atoms in total. The van der Waals surface area contributed by atoms with Crippen LogP contribution in [-0.4, -0.2) is 53.6 Å². The minimum absolute atomic E-state index is 0.248. The van der Waals surface area contributed by atoms with E-state index in [1.807, 2.05) is 0 Å². The zero-order valence-corrected chi connectivity index (χ0v) is 12.9. The lowest BCUT2D eigenvalue weighted by molar-refractivity contribution is -0.102. The van der Waals surface area contributed by atoms with Crippen molar-refractivity contribution in [3.63, 3.8) is 0 Å². The van der Waals surface area contributed by atoms with Gasteiger partial charge in [0.05, 0.1) is 6.61 Å². The molecule has 0 bridgehead atoms. The molecule has 22 heavy (non-hydrogen) atoms. The fourth-order valence-electron chi connectivity index (χ4n) is 2.92. The molecule has 1 unspecified atom stereocenters. The van der Waals surface area contributed by atoms with Gasteiger partial charge in [-0.3, -0.25) is 4.18 Å². The molecule has 5 atom stereocenters. The molecular formula is C10H15NO9S2. The van der Waals surface area contributed by atoms with Crippen LogP contribution in [0.1, 0.15) is 12.8 Å². The summed E-state index contributed by atoms with van der Waals surface area (Å²) >= 11 is 0. The summed E-state index contributed by atoms with van der Waals surface area (Å²) in [6.07, 6.45) is -1.54. The molecule has 0 radical (unpaired) electrons. The maximum absolute atomic E-state index is 11.4. The molecule has 2 heterocycles. The molecule has 0 aromatic heterocycles. The quantitative estimate of drug-likeness (QED) is 0.607. The van der Waals surface area contributed by atoms with Crippen LogP contribution in [0.3, 0.4) is 0 Å². The minimum atomic E-state index is -4.19. The summed E-state index contributed by atoms with van der Waals surface area (Å²) in [6, 6.07) is 0. The van der Waals surface area contributed by atoms with Crippen LogP contribution in [0.4, 0.5) is 0 Å². The van der Waals surface area contributed by atoms with Crippen LogP contribution >= 0.6 is 0 Å². The molecule has 3 aliphatic rings. The molecule has 0 aromatic rings. The van der Waals surface area contributed by atoms with Crippen LogP contribution in [0.2, 0.25) is 0 Å². The Labute approximate surface area is 127 Å². The van der Waals surface area contributed by atoms with E-state index in [0.717, 1.165) is 0 Å². The summed E-state index contributed by atoms with van der Waals surface area (Å²) < 4.78 is 70.5. The Morgan fingerprint density at radius 3 is 2.77 bits per heavy atom. The fraction of sp³-hybridized carbons (Fsp3) is 0.800. The lowest BCUT2D eigenvalue weighted by Gasteiger charge is -2.39. The van der Waals surface area contributed by atoms with Crippen molar-refractivity contribution in [1.29, 1.82) is 0 Å². The third kappa shape index (κ3) is 2.92. The number of fused-ring (bicyclic) bond motifs is 3. The standard InChI is InChI=1S/C10H15NO9S2/c1-2-7-17-9-8-6(19-22(14,15)20-8)3-4-10(9,18-7)5-16-21(11,12)13/h2,6-9H,1,3-5H2,(H2,11,12,13)/t6-,7?,8+,9+,10+/m1/s1. The summed E-state index contributed by atoms with van der Waals surface area (Å²) in [4.78, 5) is 0. The zero-order valence-electron chi connectivity index (χ0n) is 11.3. The van der Waals surface area contributed by atoms with Crippen molar-refractivity contribution in [1.82, 2.24) is 0 Å². The Balaban J connectivity index is 1.88. The molecule has 2 N–H and O–H groups in total. The number of ether oxygens (including phenoxy) is 2. The predicted octanol–water partition coefficient (Wildman–Crippen LogP) is -1.30. The molecule has 1 saturated carbocycles. The van der Waals surface area contributed by atoms with Crippen molar-refractivity contribution in [3.05, 3.63) is 12.7 Å². The van der Waals surface area contributed by atoms with Gasteiger partial charge in [0.1, 0.15) is 23.9 Å². The SMILES string of the molecule is C=CC1O[C@H]2[C@H]3OS(=O)(=O)O[C@@H]3CC[C@@]2(COS(N)(=O)=O)O1. The molecule has 0 spiro atoms. The van der Waals surface area contributed by atoms with Gasteiger partial charge in [0.25, 0.3) is 0 Å². The Hall–Kier alpha value is -0.600. The minimum Gasteiger partial charge on any atom is -0.340 e. The molecule has 1 aliphatic carbocycles. The Kier molecular flexibility index (Phi) is 3.85. The summed E-state index contributed by atoms with van der Waals surface area (Å²) in [5, 5.41) is 4.83. The van der Waals surface area contributed by atoms with Crippen molar-refractivity contribution >= 4 is 20.7 Å². The van der Waals surface area contributed by atoms with Crippen molar-refractivity contribution in [2.75, 3.05) is 6.61 Å². The Morgan fingerprint density at radius 1 is 1.41 bits per heavy atom. The maximum atomic E-state index is 11.4. The summed E-state index contributed by atoms with van der Waals surface area (Å²) in [5.74, 6) is 0. The van der Waals surface area contributed by atoms with Crippen molar-refractivity contribution in [2.45, 2.75) is 43.0 Å². The molecule has 3 fully saturated rings. The monoisotopic (exact) mass is 357 g/mol. The van der Waals surface area contributed by atoms with Crippen LogP contribution in [0.5, 0.6) is 0 Å². The van der Waals surface area contributed by atoms with Gasteiger partial charge in [0.2, 0.25) is 0 Å². The van der Waals surface area contributed by atoms with Gasteiger partial charge in [-0.25, -0.2) is 13.5 Å². The molecule has 3 rings (SSSR count). The molecule has 12 heteroatoms. The van der Waals surface area contributed by atoms with Crippen molar-refractivity contribution in [3.8, 4) is 0 Å². The van der Waals surface area contributed by atoms with E-state index in [0.29, 0.717) is 0 Å². The second kappa shape index (κ2) is 5.21. The van der Waals surface area contributed by atoms with Gasteiger partial charge >= 0.3 is 20.7 Å². The first-order valence-corrected chi connectivity index (χ1v) is 9.19. The highest BCUT2D eigenvalue weighted by Crippen LogP contribution is 2.46. The van der Waals surface area contributed by atoms with Crippen molar-refractivity contribution in [2.24, 2.45) is 5.14 Å². The van der Waals surface area contributed by atoms with Gasteiger partial charge in [0.15, 0.2) is 6.29 Å². The van der Waals surface area contributed by atoms with Gasteiger partial charge in [0, 0.05) is 0 Å². The van der Waals surface area contributed by atoms with Gasteiger partial charge in [-0.05, 0) is 18.9 Å². The van der Waals surface area contributed by atoms with E-state index in [1.165, 1.54) is 6.08 Å². The van der Waals surface area contributed by atoms with Gasteiger partial charge in [-0.2, -0.15) is 16.8 Å². The second-order valence-electron chi connectivity index (χ2n) is 5.24. The van der Waals surface area contributed by atoms with Gasteiger partial charge in [-0.1, -0.05) is 6.58 Å². The van der Waals surface area contributed by atoms with Crippen LogP contribution in [0, 0.1) is 0 Å². The average molecular weight is 357 g/mol. The van der Waals surface area contributed by atoms with E-state index in [-0.39, 0.29) is 12.8 Å². The lowest BCUT2D eigenvalue weighted by atomic mass is 9.79. The third-order valence-electron chi connectivity index (χ3n) is 3.80. The highest BCUT2D eigenvalue weighted by atomic mass is 32.3. The number of nitrogens with two attached hydrogens (primary N) is 1. The first-order valence-electron chi connectivity index (χ1n) is 6.39. The van der Waals surface area contributed by atoms with Crippen LogP contribution in [0.15, 0.2) is 12.7 Å². The second-order valence-corrected chi connectivity index (χ2v) is 7.66. The van der Waals surface area contributed by atoms with E-state index in [2.05, 4.69) is 10.8 Å². The zero-order chi connectivity index (χ0) is 16.2. The third-order valence-corrected chi connectivity index (χ3v) is 5.18. The smallest absolute Gasteiger partial charge is 0.340 e. The highest BCUT2D eigenvalue weighted by molar-refractivity contribution is 7.84. The van der Waals surface area contributed by atoms with E-state index < -0.39 is 57.5 Å². The highest BCUT2D eigenvalue weighted by Gasteiger charge is 2.62. The van der Waals surface area contributed by atoms with Gasteiger partial charge < -0.3 is 9.47 Å².